The number of nitrogens with one attached hydrogen (secondary N) is 2. The molecule has 31 heavy (non-hydrogen) atoms. The van der Waals surface area contributed by atoms with Crippen LogP contribution in [-0.2, 0) is 11.3 Å². The zero-order chi connectivity index (χ0) is 21.4. The van der Waals surface area contributed by atoms with E-state index in [9.17, 15) is 9.59 Å². The monoisotopic (exact) mass is 439 g/mol. The highest BCUT2D eigenvalue weighted by molar-refractivity contribution is 7.99. The summed E-state index contributed by atoms with van der Waals surface area (Å²) >= 11 is 1.15. The average Bonchev–Trinajstić information content (AvgIpc) is 3.50. The lowest BCUT2D eigenvalue weighted by Gasteiger charge is -2.12. The quantitative estimate of drug-likeness (QED) is 0.347. The van der Waals surface area contributed by atoms with E-state index in [1.807, 2.05) is 6.92 Å². The molecule has 11 heteroatoms. The number of hydrogen-bond donors (Lipinski definition) is 2. The molecule has 0 unspecified atom stereocenters. The van der Waals surface area contributed by atoms with Crippen molar-refractivity contribution < 1.29 is 18.7 Å². The number of carbonyl (C=O) groups excluding carboxylic acids is 1. The highest BCUT2D eigenvalue weighted by atomic mass is 32.2. The Labute approximate surface area is 179 Å². The van der Waals surface area contributed by atoms with Crippen LogP contribution < -0.4 is 20.3 Å². The summed E-state index contributed by atoms with van der Waals surface area (Å²) in [4.78, 5) is 30.3. The molecular weight excluding hydrogens is 422 g/mol. The summed E-state index contributed by atoms with van der Waals surface area (Å²) in [6, 6.07) is 8.56. The minimum Gasteiger partial charge on any atom is -0.467 e. The van der Waals surface area contributed by atoms with Gasteiger partial charge >= 0.3 is 0 Å². The van der Waals surface area contributed by atoms with Crippen molar-refractivity contribution in [2.45, 2.75) is 18.6 Å². The van der Waals surface area contributed by atoms with Crippen molar-refractivity contribution in [3.8, 4) is 11.5 Å². The zero-order valence-electron chi connectivity index (χ0n) is 16.4. The summed E-state index contributed by atoms with van der Waals surface area (Å²) in [5, 5.41) is 10.3. The summed E-state index contributed by atoms with van der Waals surface area (Å²) in [7, 11) is 0. The van der Waals surface area contributed by atoms with Crippen LogP contribution >= 0.6 is 11.8 Å². The van der Waals surface area contributed by atoms with Crippen LogP contribution in [0, 0.1) is 6.92 Å². The van der Waals surface area contributed by atoms with E-state index >= 15 is 0 Å². The van der Waals surface area contributed by atoms with Gasteiger partial charge < -0.3 is 19.2 Å². The summed E-state index contributed by atoms with van der Waals surface area (Å²) in [6.45, 7) is 2.13. The number of aromatic nitrogens is 4. The van der Waals surface area contributed by atoms with E-state index in [1.165, 1.54) is 4.57 Å². The third-order valence-electron chi connectivity index (χ3n) is 4.61. The molecule has 4 heterocycles. The number of anilines is 1. The van der Waals surface area contributed by atoms with Crippen molar-refractivity contribution >= 4 is 34.4 Å². The Balaban J connectivity index is 1.47. The molecule has 0 radical (unpaired) electrons. The van der Waals surface area contributed by atoms with Crippen LogP contribution in [0.25, 0.3) is 10.9 Å². The second-order valence-corrected chi connectivity index (χ2v) is 7.80. The lowest BCUT2D eigenvalue weighted by Crippen LogP contribution is -2.24. The SMILES string of the molecule is Cc1cc(NC(=O)CSc2nc3cc4c(cc3c(=O)n2Cc2ccco2)OCO4)n[nH]1. The Bertz CT molecular complexity index is 1330. The predicted octanol–water partition coefficient (Wildman–Crippen LogP) is 2.53. The third kappa shape index (κ3) is 3.87. The van der Waals surface area contributed by atoms with E-state index in [2.05, 4.69) is 20.5 Å². The summed E-state index contributed by atoms with van der Waals surface area (Å²) < 4.78 is 17.7. The highest BCUT2D eigenvalue weighted by Gasteiger charge is 2.20. The first-order valence-corrected chi connectivity index (χ1v) is 10.4. The van der Waals surface area contributed by atoms with Crippen LogP contribution in [0.2, 0.25) is 0 Å². The standard InChI is InChI=1S/C20H17N5O5S/c1-11-5-17(24-23-11)22-18(26)9-31-20-21-14-7-16-15(29-10-30-16)6-13(14)19(27)25(20)8-12-3-2-4-28-12/h2-7H,8-10H2,1H3,(H2,22,23,24,26). The van der Waals surface area contributed by atoms with Gasteiger partial charge in [0, 0.05) is 17.8 Å². The van der Waals surface area contributed by atoms with Crippen molar-refractivity contribution in [1.82, 2.24) is 19.7 Å². The number of nitrogens with zero attached hydrogens (tertiary/aromatic N) is 3. The number of benzene rings is 1. The molecule has 1 aliphatic heterocycles. The summed E-state index contributed by atoms with van der Waals surface area (Å²) in [5.74, 6) is 1.86. The molecule has 10 nitrogen and oxygen atoms in total. The normalized spacial score (nSPS) is 12.4. The second kappa shape index (κ2) is 7.84. The molecule has 0 fully saturated rings. The topological polar surface area (TPSA) is 124 Å². The van der Waals surface area contributed by atoms with Crippen LogP contribution in [0.3, 0.4) is 0 Å². The number of fused-ring (bicyclic) bond motifs is 2. The number of amides is 1. The number of ether oxygens (including phenoxy) is 2. The van der Waals surface area contributed by atoms with Crippen LogP contribution in [0.15, 0.2) is 51.0 Å². The molecule has 1 amide bonds. The van der Waals surface area contributed by atoms with Crippen LogP contribution in [-0.4, -0.2) is 38.2 Å². The fraction of sp³-hybridized carbons (Fsp3) is 0.200. The molecule has 2 N–H and O–H groups in total. The highest BCUT2D eigenvalue weighted by Crippen LogP contribution is 2.35. The maximum atomic E-state index is 13.3. The van der Waals surface area contributed by atoms with Gasteiger partial charge in [0.15, 0.2) is 22.5 Å². The van der Waals surface area contributed by atoms with Gasteiger partial charge in [-0.2, -0.15) is 5.10 Å². The number of rotatable bonds is 6. The van der Waals surface area contributed by atoms with Gasteiger partial charge in [-0.3, -0.25) is 19.3 Å². The summed E-state index contributed by atoms with van der Waals surface area (Å²) in [5.41, 5.74) is 1.05. The number of furan rings is 1. The van der Waals surface area contributed by atoms with Crippen molar-refractivity contribution in [2.75, 3.05) is 17.9 Å². The molecule has 0 bridgehead atoms. The van der Waals surface area contributed by atoms with E-state index in [0.29, 0.717) is 39.1 Å². The van der Waals surface area contributed by atoms with Gasteiger partial charge in [-0.1, -0.05) is 11.8 Å². The maximum Gasteiger partial charge on any atom is 0.262 e. The molecule has 0 saturated heterocycles. The van der Waals surface area contributed by atoms with E-state index in [-0.39, 0.29) is 30.6 Å². The largest absolute Gasteiger partial charge is 0.467 e. The van der Waals surface area contributed by atoms with E-state index in [0.717, 1.165) is 17.5 Å². The van der Waals surface area contributed by atoms with Crippen LogP contribution in [0.5, 0.6) is 11.5 Å². The molecule has 1 aromatic carbocycles. The minimum absolute atomic E-state index is 0.0482. The van der Waals surface area contributed by atoms with E-state index < -0.39 is 0 Å². The average molecular weight is 439 g/mol. The minimum atomic E-state index is -0.263. The first kappa shape index (κ1) is 19.2. The summed E-state index contributed by atoms with van der Waals surface area (Å²) in [6.07, 6.45) is 1.54. The number of aryl methyl sites for hydroxylation is 1. The van der Waals surface area contributed by atoms with Gasteiger partial charge in [-0.25, -0.2) is 4.98 Å². The molecule has 4 aromatic rings. The fourth-order valence-corrected chi connectivity index (χ4v) is 3.99. The van der Waals surface area contributed by atoms with Crippen molar-refractivity contribution in [3.63, 3.8) is 0 Å². The van der Waals surface area contributed by atoms with Crippen LogP contribution in [0.4, 0.5) is 5.82 Å². The molecule has 0 spiro atoms. The van der Waals surface area contributed by atoms with Crippen molar-refractivity contribution in [3.05, 3.63) is 58.4 Å². The first-order valence-electron chi connectivity index (χ1n) is 9.38. The van der Waals surface area contributed by atoms with Gasteiger partial charge in [-0.15, -0.1) is 0 Å². The molecule has 0 aliphatic carbocycles. The Morgan fingerprint density at radius 2 is 2.13 bits per heavy atom. The predicted molar refractivity (Wildman–Crippen MR) is 113 cm³/mol. The molecule has 3 aromatic heterocycles. The van der Waals surface area contributed by atoms with Gasteiger partial charge in [0.05, 0.1) is 29.5 Å². The zero-order valence-corrected chi connectivity index (χ0v) is 17.2. The molecular formula is C20H17N5O5S. The Morgan fingerprint density at radius 1 is 1.29 bits per heavy atom. The number of carbonyl (C=O) groups is 1. The second-order valence-electron chi connectivity index (χ2n) is 6.86. The van der Waals surface area contributed by atoms with Crippen molar-refractivity contribution in [2.24, 2.45) is 0 Å². The van der Waals surface area contributed by atoms with Gasteiger partial charge in [0.1, 0.15) is 5.76 Å². The number of aromatic amines is 1. The third-order valence-corrected chi connectivity index (χ3v) is 5.59. The molecule has 158 valence electrons. The van der Waals surface area contributed by atoms with Crippen molar-refractivity contribution in [1.29, 1.82) is 0 Å². The number of hydrogen-bond acceptors (Lipinski definition) is 8. The van der Waals surface area contributed by atoms with Gasteiger partial charge in [0.25, 0.3) is 5.56 Å². The van der Waals surface area contributed by atoms with Crippen LogP contribution in [0.1, 0.15) is 11.5 Å². The lowest BCUT2D eigenvalue weighted by molar-refractivity contribution is -0.113. The van der Waals surface area contributed by atoms with E-state index in [4.69, 9.17) is 13.9 Å². The smallest absolute Gasteiger partial charge is 0.262 e. The lowest BCUT2D eigenvalue weighted by atomic mass is 10.2. The Hall–Kier alpha value is -3.73. The molecule has 0 saturated carbocycles. The molecule has 1 aliphatic rings. The first-order chi connectivity index (χ1) is 15.1. The van der Waals surface area contributed by atoms with E-state index in [1.54, 1.807) is 36.6 Å². The maximum absolute atomic E-state index is 13.3. The molecule has 5 rings (SSSR count). The van der Waals surface area contributed by atoms with Gasteiger partial charge in [-0.05, 0) is 25.1 Å². The Kier molecular flexibility index (Phi) is 4.86. The number of thioether (sulfide) groups is 1. The molecule has 0 atom stereocenters. The van der Waals surface area contributed by atoms with Gasteiger partial charge in [0.2, 0.25) is 12.7 Å². The number of H-pyrrole nitrogens is 1. The fourth-order valence-electron chi connectivity index (χ4n) is 3.19. The Morgan fingerprint density at radius 3 is 2.87 bits per heavy atom.